The van der Waals surface area contributed by atoms with Crippen LogP contribution in [0, 0.1) is 5.82 Å². The molecule has 0 saturated carbocycles. The van der Waals surface area contributed by atoms with Gasteiger partial charge in [0.15, 0.2) is 0 Å². The molecule has 3 nitrogen and oxygen atoms in total. The average molecular weight is 272 g/mol. The van der Waals surface area contributed by atoms with Gasteiger partial charge < -0.3 is 10.1 Å². The van der Waals surface area contributed by atoms with Crippen LogP contribution < -0.4 is 5.32 Å². The highest BCUT2D eigenvalue weighted by Crippen LogP contribution is 2.23. The highest BCUT2D eigenvalue weighted by Gasteiger charge is 2.22. The quantitative estimate of drug-likeness (QED) is 0.840. The summed E-state index contributed by atoms with van der Waals surface area (Å²) in [7, 11) is 0. The highest BCUT2D eigenvalue weighted by atomic mass is 79.9. The zero-order valence-electron chi connectivity index (χ0n) is 7.59. The Labute approximate surface area is 94.1 Å². The first-order valence-corrected chi connectivity index (χ1v) is 5.04. The van der Waals surface area contributed by atoms with Crippen molar-refractivity contribution < 1.29 is 13.9 Å². The lowest BCUT2D eigenvalue weighted by Gasteiger charge is -2.05. The zero-order valence-corrected chi connectivity index (χ0v) is 9.17. The van der Waals surface area contributed by atoms with Crippen molar-refractivity contribution in [1.82, 2.24) is 0 Å². The van der Waals surface area contributed by atoms with Gasteiger partial charge in [-0.25, -0.2) is 9.18 Å². The molecule has 15 heavy (non-hydrogen) atoms. The highest BCUT2D eigenvalue weighted by molar-refractivity contribution is 9.12. The van der Waals surface area contributed by atoms with E-state index in [2.05, 4.69) is 21.2 Å². The van der Waals surface area contributed by atoms with Crippen LogP contribution in [-0.4, -0.2) is 12.6 Å². The maximum atomic E-state index is 12.6. The second kappa shape index (κ2) is 4.02. The minimum absolute atomic E-state index is 0.205. The number of benzene rings is 1. The van der Waals surface area contributed by atoms with Crippen molar-refractivity contribution in [1.29, 1.82) is 0 Å². The molecule has 0 aliphatic carbocycles. The molecule has 1 aromatic carbocycles. The van der Waals surface area contributed by atoms with E-state index in [9.17, 15) is 9.18 Å². The molecular weight excluding hydrogens is 265 g/mol. The lowest BCUT2D eigenvalue weighted by atomic mass is 10.3. The molecular formula is C10H7BrFNO2. The van der Waals surface area contributed by atoms with E-state index in [1.54, 1.807) is 12.1 Å². The summed E-state index contributed by atoms with van der Waals surface area (Å²) in [6.07, 6.45) is 0. The summed E-state index contributed by atoms with van der Waals surface area (Å²) in [5, 5.41) is 2.97. The van der Waals surface area contributed by atoms with Crippen molar-refractivity contribution in [2.24, 2.45) is 0 Å². The van der Waals surface area contributed by atoms with Gasteiger partial charge in [0, 0.05) is 5.69 Å². The second-order valence-electron chi connectivity index (χ2n) is 3.00. The van der Waals surface area contributed by atoms with Crippen molar-refractivity contribution in [2.45, 2.75) is 0 Å². The molecule has 1 aliphatic heterocycles. The van der Waals surface area contributed by atoms with Crippen LogP contribution in [0.1, 0.15) is 0 Å². The largest absolute Gasteiger partial charge is 0.455 e. The molecule has 0 radical (unpaired) electrons. The second-order valence-corrected chi connectivity index (χ2v) is 3.79. The number of hydrogen-bond donors (Lipinski definition) is 1. The Bertz CT molecular complexity index is 428. The number of carbonyl (C=O) groups excluding carboxylic acids is 1. The van der Waals surface area contributed by atoms with Crippen LogP contribution in [0.15, 0.2) is 34.4 Å². The molecule has 1 aromatic rings. The number of esters is 1. The fraction of sp³-hybridized carbons (Fsp3) is 0.100. The number of hydrogen-bond acceptors (Lipinski definition) is 3. The fourth-order valence-electron chi connectivity index (χ4n) is 1.19. The monoisotopic (exact) mass is 271 g/mol. The Balaban J connectivity index is 2.16. The molecule has 0 spiro atoms. The van der Waals surface area contributed by atoms with E-state index in [0.29, 0.717) is 15.9 Å². The summed E-state index contributed by atoms with van der Waals surface area (Å²) in [6, 6.07) is 5.86. The molecule has 2 rings (SSSR count). The van der Waals surface area contributed by atoms with Crippen molar-refractivity contribution in [2.75, 3.05) is 11.9 Å². The summed E-state index contributed by atoms with van der Waals surface area (Å²) in [5.74, 6) is -0.688. The topological polar surface area (TPSA) is 38.3 Å². The third kappa shape index (κ3) is 2.18. The molecule has 0 fully saturated rings. The lowest BCUT2D eigenvalue weighted by molar-refractivity contribution is -0.135. The number of carbonyl (C=O) groups is 1. The van der Waals surface area contributed by atoms with Gasteiger partial charge in [0.1, 0.15) is 16.9 Å². The first-order valence-electron chi connectivity index (χ1n) is 4.25. The van der Waals surface area contributed by atoms with Crippen molar-refractivity contribution >= 4 is 27.6 Å². The normalized spacial score (nSPS) is 15.5. The van der Waals surface area contributed by atoms with E-state index in [0.717, 1.165) is 0 Å². The maximum absolute atomic E-state index is 12.6. The molecule has 0 bridgehead atoms. The SMILES string of the molecule is O=C1OCC(Nc2ccc(F)cc2)=C1Br. The maximum Gasteiger partial charge on any atom is 0.347 e. The Kier molecular flexibility index (Phi) is 2.73. The molecule has 0 saturated heterocycles. The average Bonchev–Trinajstić information content (AvgIpc) is 2.53. The van der Waals surface area contributed by atoms with Gasteiger partial charge in [0.25, 0.3) is 0 Å². The summed E-state index contributed by atoms with van der Waals surface area (Å²) in [4.78, 5) is 11.0. The lowest BCUT2D eigenvalue weighted by Crippen LogP contribution is -2.01. The predicted molar refractivity (Wildman–Crippen MR) is 56.9 cm³/mol. The van der Waals surface area contributed by atoms with Crippen LogP contribution >= 0.6 is 15.9 Å². The standard InChI is InChI=1S/C10H7BrFNO2/c11-9-8(5-15-10(9)14)13-7-3-1-6(12)2-4-7/h1-4,13H,5H2. The van der Waals surface area contributed by atoms with Gasteiger partial charge in [-0.2, -0.15) is 0 Å². The summed E-state index contributed by atoms with van der Waals surface area (Å²) in [6.45, 7) is 0.205. The molecule has 0 atom stereocenters. The fourth-order valence-corrected chi connectivity index (χ4v) is 1.51. The van der Waals surface area contributed by atoms with Gasteiger partial charge >= 0.3 is 5.97 Å². The van der Waals surface area contributed by atoms with E-state index in [1.165, 1.54) is 12.1 Å². The Morgan fingerprint density at radius 2 is 2.00 bits per heavy atom. The van der Waals surface area contributed by atoms with Crippen LogP contribution in [0.2, 0.25) is 0 Å². The molecule has 78 valence electrons. The summed E-state index contributed by atoms with van der Waals surface area (Å²) in [5.41, 5.74) is 1.35. The number of halogens is 2. The third-order valence-electron chi connectivity index (χ3n) is 1.93. The van der Waals surface area contributed by atoms with Crippen molar-refractivity contribution in [3.8, 4) is 0 Å². The van der Waals surface area contributed by atoms with E-state index < -0.39 is 0 Å². The number of ether oxygens (including phenoxy) is 1. The van der Waals surface area contributed by atoms with Crippen LogP contribution in [0.5, 0.6) is 0 Å². The Hall–Kier alpha value is -1.36. The van der Waals surface area contributed by atoms with E-state index in [4.69, 9.17) is 4.74 Å². The molecule has 0 unspecified atom stereocenters. The van der Waals surface area contributed by atoms with E-state index >= 15 is 0 Å². The summed E-state index contributed by atoms with van der Waals surface area (Å²) >= 11 is 3.11. The van der Waals surface area contributed by atoms with Gasteiger partial charge in [-0.15, -0.1) is 0 Å². The van der Waals surface area contributed by atoms with Crippen molar-refractivity contribution in [3.05, 3.63) is 40.3 Å². The zero-order chi connectivity index (χ0) is 10.8. The first kappa shape index (κ1) is 10.2. The minimum Gasteiger partial charge on any atom is -0.455 e. The molecule has 0 aromatic heterocycles. The van der Waals surface area contributed by atoms with Crippen LogP contribution in [-0.2, 0) is 9.53 Å². The van der Waals surface area contributed by atoms with E-state index in [1.807, 2.05) is 0 Å². The third-order valence-corrected chi connectivity index (χ3v) is 2.73. The van der Waals surface area contributed by atoms with Crippen LogP contribution in [0.4, 0.5) is 10.1 Å². The van der Waals surface area contributed by atoms with Crippen molar-refractivity contribution in [3.63, 3.8) is 0 Å². The number of rotatable bonds is 2. The molecule has 1 N–H and O–H groups in total. The molecule has 0 amide bonds. The number of cyclic esters (lactones) is 1. The number of anilines is 1. The Morgan fingerprint density at radius 3 is 2.53 bits per heavy atom. The van der Waals surface area contributed by atoms with Crippen LogP contribution in [0.25, 0.3) is 0 Å². The van der Waals surface area contributed by atoms with Gasteiger partial charge in [-0.3, -0.25) is 0 Å². The van der Waals surface area contributed by atoms with Crippen LogP contribution in [0.3, 0.4) is 0 Å². The van der Waals surface area contributed by atoms with Gasteiger partial charge in [-0.05, 0) is 40.2 Å². The molecule has 1 aliphatic rings. The Morgan fingerprint density at radius 1 is 1.33 bits per heavy atom. The van der Waals surface area contributed by atoms with Gasteiger partial charge in [0.05, 0.1) is 5.70 Å². The molecule has 5 heteroatoms. The minimum atomic E-state index is -0.389. The smallest absolute Gasteiger partial charge is 0.347 e. The first-order chi connectivity index (χ1) is 7.16. The van der Waals surface area contributed by atoms with E-state index in [-0.39, 0.29) is 18.4 Å². The molecule has 1 heterocycles. The number of nitrogens with one attached hydrogen (secondary N) is 1. The van der Waals surface area contributed by atoms with Gasteiger partial charge in [0.2, 0.25) is 0 Å². The van der Waals surface area contributed by atoms with Gasteiger partial charge in [-0.1, -0.05) is 0 Å². The summed E-state index contributed by atoms with van der Waals surface area (Å²) < 4.78 is 17.8. The predicted octanol–water partition coefficient (Wildman–Crippen LogP) is 2.40.